The highest BCUT2D eigenvalue weighted by Crippen LogP contribution is 2.32. The molecule has 2 rings (SSSR count). The van der Waals surface area contributed by atoms with E-state index in [2.05, 4.69) is 41.1 Å². The Labute approximate surface area is 118 Å². The first-order valence-electron chi connectivity index (χ1n) is 6.83. The van der Waals surface area contributed by atoms with Gasteiger partial charge in [0.1, 0.15) is 5.75 Å². The first-order valence-corrected chi connectivity index (χ1v) is 7.62. The molecule has 1 aromatic carbocycles. The number of hydrogen-bond acceptors (Lipinski definition) is 2. The third-order valence-corrected chi connectivity index (χ3v) is 4.44. The van der Waals surface area contributed by atoms with Gasteiger partial charge in [0.25, 0.3) is 0 Å². The van der Waals surface area contributed by atoms with Crippen LogP contribution >= 0.6 is 15.9 Å². The van der Waals surface area contributed by atoms with Gasteiger partial charge in [-0.25, -0.2) is 0 Å². The summed E-state index contributed by atoms with van der Waals surface area (Å²) in [6, 6.07) is 6.39. The Morgan fingerprint density at radius 3 is 2.78 bits per heavy atom. The van der Waals surface area contributed by atoms with Crippen LogP contribution < -0.4 is 10.5 Å². The third kappa shape index (κ3) is 3.48. The van der Waals surface area contributed by atoms with Crippen molar-refractivity contribution in [3.63, 3.8) is 0 Å². The molecule has 0 aromatic heterocycles. The van der Waals surface area contributed by atoms with E-state index in [0.717, 1.165) is 35.7 Å². The lowest BCUT2D eigenvalue weighted by Crippen LogP contribution is -2.19. The molecule has 1 unspecified atom stereocenters. The number of benzene rings is 1. The molecule has 100 valence electrons. The minimum Gasteiger partial charge on any atom is -0.492 e. The molecule has 1 saturated carbocycles. The molecule has 2 nitrogen and oxygen atoms in total. The molecule has 3 heteroatoms. The quantitative estimate of drug-likeness (QED) is 0.859. The lowest BCUT2D eigenvalue weighted by molar-refractivity contribution is 0.180. The van der Waals surface area contributed by atoms with E-state index in [1.54, 1.807) is 0 Å². The molecule has 0 heterocycles. The summed E-state index contributed by atoms with van der Waals surface area (Å²) in [5, 5.41) is 0. The Balaban J connectivity index is 1.95. The summed E-state index contributed by atoms with van der Waals surface area (Å²) in [4.78, 5) is 0. The van der Waals surface area contributed by atoms with Gasteiger partial charge >= 0.3 is 0 Å². The van der Waals surface area contributed by atoms with Crippen LogP contribution in [0.5, 0.6) is 5.75 Å². The molecular weight excluding hydrogens is 290 g/mol. The Morgan fingerprint density at radius 2 is 2.22 bits per heavy atom. The van der Waals surface area contributed by atoms with Crippen molar-refractivity contribution >= 4 is 15.9 Å². The second-order valence-corrected chi connectivity index (χ2v) is 6.13. The molecule has 1 fully saturated rings. The van der Waals surface area contributed by atoms with Crippen LogP contribution in [0.15, 0.2) is 22.7 Å². The minimum atomic E-state index is 0.506. The van der Waals surface area contributed by atoms with Crippen molar-refractivity contribution in [1.82, 2.24) is 0 Å². The van der Waals surface area contributed by atoms with Crippen LogP contribution in [-0.2, 0) is 0 Å². The summed E-state index contributed by atoms with van der Waals surface area (Å²) in [7, 11) is 0. The molecule has 0 amide bonds. The van der Waals surface area contributed by atoms with Crippen molar-refractivity contribution in [1.29, 1.82) is 0 Å². The van der Waals surface area contributed by atoms with Gasteiger partial charge in [-0.05, 0) is 71.3 Å². The average Bonchev–Trinajstić information content (AvgIpc) is 2.29. The molecule has 0 radical (unpaired) electrons. The summed E-state index contributed by atoms with van der Waals surface area (Å²) >= 11 is 3.60. The van der Waals surface area contributed by atoms with Crippen molar-refractivity contribution in [2.24, 2.45) is 11.7 Å². The van der Waals surface area contributed by atoms with E-state index in [1.807, 2.05) is 0 Å². The van der Waals surface area contributed by atoms with Gasteiger partial charge < -0.3 is 10.5 Å². The molecule has 0 spiro atoms. The summed E-state index contributed by atoms with van der Waals surface area (Å²) in [5.41, 5.74) is 6.92. The van der Waals surface area contributed by atoms with Gasteiger partial charge in [-0.3, -0.25) is 0 Å². The van der Waals surface area contributed by atoms with Gasteiger partial charge in [-0.1, -0.05) is 19.4 Å². The minimum absolute atomic E-state index is 0.506. The largest absolute Gasteiger partial charge is 0.492 e. The number of rotatable bonds is 6. The highest BCUT2D eigenvalue weighted by Gasteiger charge is 2.18. The smallest absolute Gasteiger partial charge is 0.133 e. The highest BCUT2D eigenvalue weighted by molar-refractivity contribution is 9.10. The summed E-state index contributed by atoms with van der Waals surface area (Å²) in [6.07, 6.45) is 5.03. The van der Waals surface area contributed by atoms with Crippen molar-refractivity contribution in [2.45, 2.75) is 38.5 Å². The molecule has 1 atom stereocenters. The fourth-order valence-electron chi connectivity index (χ4n) is 2.22. The number of halogens is 1. The molecule has 0 saturated heterocycles. The van der Waals surface area contributed by atoms with Crippen LogP contribution in [0.25, 0.3) is 0 Å². The van der Waals surface area contributed by atoms with Crippen molar-refractivity contribution in [3.05, 3.63) is 28.2 Å². The van der Waals surface area contributed by atoms with Crippen LogP contribution in [0.4, 0.5) is 0 Å². The number of hydrogen-bond donors (Lipinski definition) is 1. The van der Waals surface area contributed by atoms with Gasteiger partial charge in [0.15, 0.2) is 0 Å². The van der Waals surface area contributed by atoms with E-state index in [4.69, 9.17) is 10.5 Å². The molecule has 1 aliphatic rings. The van der Waals surface area contributed by atoms with Gasteiger partial charge in [0, 0.05) is 0 Å². The SMILES string of the molecule is CC(CCN)c1ccc(OCC2CCC2)c(Br)c1. The third-order valence-electron chi connectivity index (χ3n) is 3.82. The lowest BCUT2D eigenvalue weighted by Gasteiger charge is -2.25. The Morgan fingerprint density at radius 1 is 1.44 bits per heavy atom. The zero-order valence-corrected chi connectivity index (χ0v) is 12.6. The molecule has 0 bridgehead atoms. The van der Waals surface area contributed by atoms with Crippen molar-refractivity contribution in [2.75, 3.05) is 13.2 Å². The Kier molecular flexibility index (Phi) is 5.07. The van der Waals surface area contributed by atoms with Crippen LogP contribution in [0.1, 0.15) is 44.1 Å². The fourth-order valence-corrected chi connectivity index (χ4v) is 2.74. The van der Waals surface area contributed by atoms with E-state index in [1.165, 1.54) is 24.8 Å². The Bertz CT molecular complexity index is 390. The first kappa shape index (κ1) is 13.9. The highest BCUT2D eigenvalue weighted by atomic mass is 79.9. The Hall–Kier alpha value is -0.540. The van der Waals surface area contributed by atoms with Gasteiger partial charge in [-0.15, -0.1) is 0 Å². The molecule has 1 aliphatic carbocycles. The van der Waals surface area contributed by atoms with E-state index in [9.17, 15) is 0 Å². The number of nitrogens with two attached hydrogens (primary N) is 1. The lowest BCUT2D eigenvalue weighted by atomic mass is 9.86. The van der Waals surface area contributed by atoms with Gasteiger partial charge in [0.2, 0.25) is 0 Å². The average molecular weight is 312 g/mol. The zero-order chi connectivity index (χ0) is 13.0. The number of ether oxygens (including phenoxy) is 1. The maximum absolute atomic E-state index is 5.86. The van der Waals surface area contributed by atoms with Crippen molar-refractivity contribution < 1.29 is 4.74 Å². The monoisotopic (exact) mass is 311 g/mol. The maximum atomic E-state index is 5.86. The van der Waals surface area contributed by atoms with E-state index < -0.39 is 0 Å². The summed E-state index contributed by atoms with van der Waals surface area (Å²) in [5.74, 6) is 2.24. The molecule has 18 heavy (non-hydrogen) atoms. The summed E-state index contributed by atoms with van der Waals surface area (Å²) < 4.78 is 6.92. The predicted octanol–water partition coefficient (Wildman–Crippen LogP) is 4.08. The van der Waals surface area contributed by atoms with Crippen LogP contribution in [-0.4, -0.2) is 13.2 Å². The van der Waals surface area contributed by atoms with Gasteiger partial charge in [-0.2, -0.15) is 0 Å². The normalized spacial score (nSPS) is 17.3. The molecular formula is C15H22BrNO. The first-order chi connectivity index (χ1) is 8.70. The van der Waals surface area contributed by atoms with E-state index in [0.29, 0.717) is 5.92 Å². The van der Waals surface area contributed by atoms with E-state index in [-0.39, 0.29) is 0 Å². The summed E-state index contributed by atoms with van der Waals surface area (Å²) in [6.45, 7) is 3.80. The van der Waals surface area contributed by atoms with E-state index >= 15 is 0 Å². The topological polar surface area (TPSA) is 35.2 Å². The zero-order valence-electron chi connectivity index (χ0n) is 11.0. The standard InChI is InChI=1S/C15H22BrNO/c1-11(7-8-17)13-5-6-15(14(16)9-13)18-10-12-3-2-4-12/h5-6,9,11-12H,2-4,7-8,10,17H2,1H3. The van der Waals surface area contributed by atoms with Crippen LogP contribution in [0.3, 0.4) is 0 Å². The predicted molar refractivity (Wildman–Crippen MR) is 79.1 cm³/mol. The van der Waals surface area contributed by atoms with Crippen molar-refractivity contribution in [3.8, 4) is 5.75 Å². The molecule has 0 aliphatic heterocycles. The van der Waals surface area contributed by atoms with Crippen LogP contribution in [0, 0.1) is 5.92 Å². The molecule has 2 N–H and O–H groups in total. The second-order valence-electron chi connectivity index (χ2n) is 5.28. The molecule has 1 aromatic rings. The fraction of sp³-hybridized carbons (Fsp3) is 0.600. The second kappa shape index (κ2) is 6.58. The van der Waals surface area contributed by atoms with Gasteiger partial charge in [0.05, 0.1) is 11.1 Å². The van der Waals surface area contributed by atoms with Crippen LogP contribution in [0.2, 0.25) is 0 Å². The maximum Gasteiger partial charge on any atom is 0.133 e.